The van der Waals surface area contributed by atoms with Gasteiger partial charge in [-0.15, -0.1) is 24.8 Å². The lowest BCUT2D eigenvalue weighted by atomic mass is 10.2. The Morgan fingerprint density at radius 3 is 2.48 bits per heavy atom. The molecule has 1 aromatic heterocycles. The van der Waals surface area contributed by atoms with E-state index in [1.165, 1.54) is 0 Å². The van der Waals surface area contributed by atoms with Crippen molar-refractivity contribution in [2.24, 2.45) is 5.73 Å². The highest BCUT2D eigenvalue weighted by atomic mass is 35.5. The number of aromatic nitrogens is 1. The Morgan fingerprint density at radius 1 is 1.24 bits per heavy atom. The van der Waals surface area contributed by atoms with Crippen molar-refractivity contribution in [3.8, 4) is 0 Å². The van der Waals surface area contributed by atoms with Gasteiger partial charge in [0.2, 0.25) is 11.8 Å². The number of hydrogen-bond donors (Lipinski definition) is 2. The molecule has 1 aromatic rings. The van der Waals surface area contributed by atoms with Gasteiger partial charge in [0.15, 0.2) is 0 Å². The van der Waals surface area contributed by atoms with E-state index in [0.717, 1.165) is 18.9 Å². The number of nitrogens with two attached hydrogens (primary N) is 1. The normalized spacial score (nSPS) is 14.8. The highest BCUT2D eigenvalue weighted by Crippen LogP contribution is 2.12. The van der Waals surface area contributed by atoms with Crippen LogP contribution in [0.5, 0.6) is 0 Å². The van der Waals surface area contributed by atoms with Crippen molar-refractivity contribution in [1.82, 2.24) is 15.2 Å². The van der Waals surface area contributed by atoms with Crippen LogP contribution in [-0.2, 0) is 9.59 Å². The van der Waals surface area contributed by atoms with E-state index in [0.29, 0.717) is 26.1 Å². The van der Waals surface area contributed by atoms with Crippen molar-refractivity contribution in [3.63, 3.8) is 0 Å². The van der Waals surface area contributed by atoms with Gasteiger partial charge in [-0.05, 0) is 19.1 Å². The van der Waals surface area contributed by atoms with Crippen molar-refractivity contribution in [2.75, 3.05) is 37.6 Å². The lowest BCUT2D eigenvalue weighted by Crippen LogP contribution is -2.49. The van der Waals surface area contributed by atoms with Crippen LogP contribution in [0.2, 0.25) is 0 Å². The van der Waals surface area contributed by atoms with E-state index in [-0.39, 0.29) is 49.1 Å². The summed E-state index contributed by atoms with van der Waals surface area (Å²) in [4.78, 5) is 32.0. The summed E-state index contributed by atoms with van der Waals surface area (Å²) in [5.41, 5.74) is 5.56. The molecule has 2 amide bonds. The second kappa shape index (κ2) is 11.9. The lowest BCUT2D eigenvalue weighted by Gasteiger charge is -2.35. The molecule has 1 aliphatic rings. The van der Waals surface area contributed by atoms with Crippen LogP contribution in [0.3, 0.4) is 0 Å². The van der Waals surface area contributed by atoms with E-state index < -0.39 is 0 Å². The third-order valence-electron chi connectivity index (χ3n) is 3.77. The molecule has 1 aliphatic heterocycles. The molecule has 0 saturated carbocycles. The Morgan fingerprint density at radius 2 is 1.92 bits per heavy atom. The molecular weight excluding hydrogens is 365 g/mol. The van der Waals surface area contributed by atoms with Crippen LogP contribution >= 0.6 is 24.8 Å². The summed E-state index contributed by atoms with van der Waals surface area (Å²) in [6, 6.07) is 5.67. The third-order valence-corrected chi connectivity index (χ3v) is 3.77. The number of anilines is 1. The smallest absolute Gasteiger partial charge is 0.224 e. The van der Waals surface area contributed by atoms with Gasteiger partial charge in [-0.25, -0.2) is 4.98 Å². The lowest BCUT2D eigenvalue weighted by molar-refractivity contribution is -0.131. The molecule has 1 unspecified atom stereocenters. The number of carbonyl (C=O) groups excluding carboxylic acids is 2. The van der Waals surface area contributed by atoms with Crippen molar-refractivity contribution in [1.29, 1.82) is 0 Å². The van der Waals surface area contributed by atoms with Gasteiger partial charge in [-0.1, -0.05) is 6.07 Å². The molecule has 7 nitrogen and oxygen atoms in total. The SMILES string of the molecule is CC(N)CC(=O)NCCC(=O)N1CCN(c2ccccn2)CC1.Cl.Cl. The first-order chi connectivity index (χ1) is 11.1. The molecule has 0 bridgehead atoms. The van der Waals surface area contributed by atoms with E-state index in [9.17, 15) is 9.59 Å². The molecule has 1 atom stereocenters. The number of pyridine rings is 1. The molecule has 142 valence electrons. The predicted molar refractivity (Wildman–Crippen MR) is 103 cm³/mol. The summed E-state index contributed by atoms with van der Waals surface area (Å²) in [7, 11) is 0. The summed E-state index contributed by atoms with van der Waals surface area (Å²) in [6.45, 7) is 5.07. The molecule has 1 saturated heterocycles. The summed E-state index contributed by atoms with van der Waals surface area (Å²) in [6.07, 6.45) is 2.39. The number of carbonyl (C=O) groups is 2. The third kappa shape index (κ3) is 7.90. The summed E-state index contributed by atoms with van der Waals surface area (Å²) >= 11 is 0. The van der Waals surface area contributed by atoms with Gasteiger partial charge >= 0.3 is 0 Å². The Balaban J connectivity index is 0.00000288. The minimum absolute atomic E-state index is 0. The van der Waals surface area contributed by atoms with Crippen LogP contribution in [-0.4, -0.2) is 60.5 Å². The highest BCUT2D eigenvalue weighted by Gasteiger charge is 2.21. The maximum atomic E-state index is 12.2. The van der Waals surface area contributed by atoms with Gasteiger partial charge in [-0.2, -0.15) is 0 Å². The fourth-order valence-corrected chi connectivity index (χ4v) is 2.56. The average molecular weight is 392 g/mol. The van der Waals surface area contributed by atoms with E-state index >= 15 is 0 Å². The standard InChI is InChI=1S/C16H25N5O2.2ClH/c1-13(17)12-15(22)19-7-5-16(23)21-10-8-20(9-11-21)14-4-2-3-6-18-14;;/h2-4,6,13H,5,7-12,17H2,1H3,(H,19,22);2*1H. The second-order valence-corrected chi connectivity index (χ2v) is 5.84. The van der Waals surface area contributed by atoms with Crippen LogP contribution in [0.15, 0.2) is 24.4 Å². The van der Waals surface area contributed by atoms with Crippen molar-refractivity contribution < 1.29 is 9.59 Å². The Labute approximate surface area is 161 Å². The Bertz CT molecular complexity index is 523. The second-order valence-electron chi connectivity index (χ2n) is 5.84. The summed E-state index contributed by atoms with van der Waals surface area (Å²) in [5.74, 6) is 0.919. The van der Waals surface area contributed by atoms with Gasteiger partial charge < -0.3 is 20.9 Å². The van der Waals surface area contributed by atoms with E-state index in [1.807, 2.05) is 23.1 Å². The zero-order chi connectivity index (χ0) is 16.7. The van der Waals surface area contributed by atoms with Crippen LogP contribution in [0.1, 0.15) is 19.8 Å². The first kappa shape index (κ1) is 23.4. The zero-order valence-electron chi connectivity index (χ0n) is 14.4. The van der Waals surface area contributed by atoms with Gasteiger partial charge in [0.25, 0.3) is 0 Å². The molecule has 0 radical (unpaired) electrons. The molecule has 9 heteroatoms. The first-order valence-electron chi connectivity index (χ1n) is 8.02. The number of piperazine rings is 1. The molecular formula is C16H27Cl2N5O2. The van der Waals surface area contributed by atoms with Crippen molar-refractivity contribution >= 4 is 42.4 Å². The fourth-order valence-electron chi connectivity index (χ4n) is 2.56. The molecule has 3 N–H and O–H groups in total. The van der Waals surface area contributed by atoms with Crippen molar-refractivity contribution in [3.05, 3.63) is 24.4 Å². The average Bonchev–Trinajstić information content (AvgIpc) is 2.55. The number of hydrogen-bond acceptors (Lipinski definition) is 5. The number of nitrogens with zero attached hydrogens (tertiary/aromatic N) is 3. The van der Waals surface area contributed by atoms with Gasteiger partial charge in [0.1, 0.15) is 5.82 Å². The first-order valence-corrected chi connectivity index (χ1v) is 8.02. The van der Waals surface area contributed by atoms with Crippen LogP contribution in [0.25, 0.3) is 0 Å². The van der Waals surface area contributed by atoms with Crippen LogP contribution in [0.4, 0.5) is 5.82 Å². The van der Waals surface area contributed by atoms with E-state index in [4.69, 9.17) is 5.73 Å². The topological polar surface area (TPSA) is 91.6 Å². The molecule has 0 spiro atoms. The number of amides is 2. The fraction of sp³-hybridized carbons (Fsp3) is 0.562. The maximum absolute atomic E-state index is 12.2. The molecule has 0 aromatic carbocycles. The molecule has 2 heterocycles. The van der Waals surface area contributed by atoms with E-state index in [2.05, 4.69) is 15.2 Å². The Kier molecular flexibility index (Phi) is 11.1. The highest BCUT2D eigenvalue weighted by molar-refractivity contribution is 5.85. The minimum atomic E-state index is -0.162. The molecule has 25 heavy (non-hydrogen) atoms. The summed E-state index contributed by atoms with van der Waals surface area (Å²) < 4.78 is 0. The number of halogens is 2. The Hall–Kier alpha value is -1.57. The van der Waals surface area contributed by atoms with Crippen LogP contribution < -0.4 is 16.0 Å². The number of nitrogens with one attached hydrogen (secondary N) is 1. The predicted octanol–water partition coefficient (Wildman–Crippen LogP) is 0.817. The van der Waals surface area contributed by atoms with E-state index in [1.54, 1.807) is 13.1 Å². The number of rotatable bonds is 6. The minimum Gasteiger partial charge on any atom is -0.356 e. The molecule has 0 aliphatic carbocycles. The monoisotopic (exact) mass is 391 g/mol. The largest absolute Gasteiger partial charge is 0.356 e. The van der Waals surface area contributed by atoms with Gasteiger partial charge in [0, 0.05) is 57.8 Å². The molecule has 2 rings (SSSR count). The van der Waals surface area contributed by atoms with Crippen LogP contribution in [0, 0.1) is 0 Å². The molecule has 1 fully saturated rings. The van der Waals surface area contributed by atoms with Gasteiger partial charge in [0.05, 0.1) is 0 Å². The zero-order valence-corrected chi connectivity index (χ0v) is 16.0. The summed E-state index contributed by atoms with van der Waals surface area (Å²) in [5, 5.41) is 2.73. The maximum Gasteiger partial charge on any atom is 0.224 e. The van der Waals surface area contributed by atoms with Crippen molar-refractivity contribution in [2.45, 2.75) is 25.8 Å². The quantitative estimate of drug-likeness (QED) is 0.748. The van der Waals surface area contributed by atoms with Gasteiger partial charge in [-0.3, -0.25) is 9.59 Å².